The molecule has 19 N–H and O–H groups in total. The molecule has 0 aliphatic carbocycles. The smallest absolute Gasteiger partial charge is 0.187 e. The lowest BCUT2D eigenvalue weighted by Gasteiger charge is -2.46. The summed E-state index contributed by atoms with van der Waals surface area (Å²) in [7, 11) is 1.39. The number of hydrogen-bond donors (Lipinski definition) is 19. The number of thioether (sulfide) groups is 4. The molecule has 83 heavy (non-hydrogen) atoms. The Labute approximate surface area is 504 Å². The molecule has 5 fully saturated rings. The van der Waals surface area contributed by atoms with Crippen LogP contribution < -0.4 is 10.6 Å². The molecule has 29 nitrogen and oxygen atoms in total. The van der Waals surface area contributed by atoms with Gasteiger partial charge in [0.15, 0.2) is 17.7 Å². The molecule has 5 heterocycles. The van der Waals surface area contributed by atoms with Gasteiger partial charge < -0.3 is 145 Å². The molecule has 0 bridgehead atoms. The lowest BCUT2D eigenvalue weighted by molar-refractivity contribution is -0.338. The van der Waals surface area contributed by atoms with Crippen LogP contribution in [0.1, 0.15) is 26.2 Å². The summed E-state index contributed by atoms with van der Waals surface area (Å²) < 4.78 is 58.2. The number of aliphatic hydroxyl groups is 17. The summed E-state index contributed by atoms with van der Waals surface area (Å²) in [6.45, 7) is 0.513. The van der Waals surface area contributed by atoms with Gasteiger partial charge in [-0.15, -0.1) is 35.3 Å². The van der Waals surface area contributed by atoms with E-state index >= 15 is 0 Å². The zero-order valence-corrected chi connectivity index (χ0v) is 50.4. The largest absolute Gasteiger partial charge is 0.394 e. The van der Waals surface area contributed by atoms with Crippen LogP contribution in [0.5, 0.6) is 0 Å². The van der Waals surface area contributed by atoms with Crippen molar-refractivity contribution in [3.63, 3.8) is 0 Å². The highest BCUT2D eigenvalue weighted by atomic mass is 32.2. The van der Waals surface area contributed by atoms with Crippen molar-refractivity contribution in [2.24, 2.45) is 11.3 Å². The van der Waals surface area contributed by atoms with Crippen molar-refractivity contribution in [2.75, 3.05) is 115 Å². The molecule has 5 aliphatic heterocycles. The highest BCUT2D eigenvalue weighted by Gasteiger charge is 2.51. The molecule has 5 saturated heterocycles. The van der Waals surface area contributed by atoms with Crippen LogP contribution in [-0.2, 0) is 47.4 Å². The van der Waals surface area contributed by atoms with Crippen molar-refractivity contribution >= 4 is 64.4 Å². The van der Waals surface area contributed by atoms with Crippen molar-refractivity contribution in [1.82, 2.24) is 10.6 Å². The van der Waals surface area contributed by atoms with Crippen LogP contribution in [0.3, 0.4) is 0 Å². The van der Waals surface area contributed by atoms with Gasteiger partial charge in [-0.1, -0.05) is 6.92 Å². The SMILES string of the molecule is CO[C@@H]1OC(CSCCNC(=S)NCC(COCCCS[C@@H]2OC(CO)[C@H](O)[C@H](O)C2O)(COCCCS[C@@H]2OC(CO)[C@H](O)[C@H](O)C2O)COCCCS[C@@H]2OC(CO)[C@H](O[C@@H]3OC(CO)[C@H](O)[C@H](O)C3O)[C@H](O)C2O)C(C)C(O)C1O. The van der Waals surface area contributed by atoms with Crippen molar-refractivity contribution in [3.8, 4) is 0 Å². The van der Waals surface area contributed by atoms with Gasteiger partial charge in [0.1, 0.15) is 120 Å². The minimum Gasteiger partial charge on any atom is -0.394 e. The van der Waals surface area contributed by atoms with Gasteiger partial charge in [-0.25, -0.2) is 0 Å². The molecule has 25 atom stereocenters. The van der Waals surface area contributed by atoms with Gasteiger partial charge in [-0.2, -0.15) is 11.8 Å². The average molecular weight is 1300 g/mol. The van der Waals surface area contributed by atoms with E-state index in [1.165, 1.54) is 30.6 Å². The summed E-state index contributed by atoms with van der Waals surface area (Å²) in [5.74, 6) is 1.84. The van der Waals surface area contributed by atoms with E-state index in [0.29, 0.717) is 59.7 Å². The van der Waals surface area contributed by atoms with Crippen LogP contribution >= 0.6 is 59.3 Å². The van der Waals surface area contributed by atoms with Crippen LogP contribution in [0.15, 0.2) is 0 Å². The van der Waals surface area contributed by atoms with Gasteiger partial charge in [-0.05, 0) is 48.7 Å². The number of hydrogen-bond acceptors (Lipinski definition) is 32. The van der Waals surface area contributed by atoms with Crippen LogP contribution in [0.4, 0.5) is 0 Å². The van der Waals surface area contributed by atoms with Crippen LogP contribution in [-0.4, -0.2) is 352 Å². The summed E-state index contributed by atoms with van der Waals surface area (Å²) in [5, 5.41) is 182. The number of rotatable bonds is 35. The second-order valence-electron chi connectivity index (χ2n) is 21.0. The number of nitrogens with one attached hydrogen (secondary N) is 2. The minimum atomic E-state index is -1.81. The zero-order valence-electron chi connectivity index (χ0n) is 46.3. The van der Waals surface area contributed by atoms with E-state index in [2.05, 4.69) is 10.6 Å². The Morgan fingerprint density at radius 2 is 0.880 bits per heavy atom. The van der Waals surface area contributed by atoms with Gasteiger partial charge >= 0.3 is 0 Å². The number of ether oxygens (including phenoxy) is 10. The number of aliphatic hydroxyl groups excluding tert-OH is 17. The Morgan fingerprint density at radius 3 is 1.34 bits per heavy atom. The molecule has 12 unspecified atom stereocenters. The highest BCUT2D eigenvalue weighted by Crippen LogP contribution is 2.35. The molecule has 0 amide bonds. The summed E-state index contributed by atoms with van der Waals surface area (Å²) in [5.41, 5.74) is -3.88. The second-order valence-corrected chi connectivity index (χ2v) is 26.2. The molecule has 0 aromatic rings. The van der Waals surface area contributed by atoms with Crippen LogP contribution in [0.25, 0.3) is 0 Å². The first kappa shape index (κ1) is 73.7. The highest BCUT2D eigenvalue weighted by molar-refractivity contribution is 8.00. The Hall–Kier alpha value is 0.01000. The molecule has 5 aliphatic rings. The molecule has 0 aromatic heterocycles. The lowest BCUT2D eigenvalue weighted by Crippen LogP contribution is -2.64. The van der Waals surface area contributed by atoms with Gasteiger partial charge in [0.05, 0.1) is 63.9 Å². The molecule has 34 heteroatoms. The number of thiocarbonyl (C=S) groups is 1. The summed E-state index contributed by atoms with van der Waals surface area (Å²) >= 11 is 10.7. The van der Waals surface area contributed by atoms with Crippen molar-refractivity contribution in [3.05, 3.63) is 0 Å². The second kappa shape index (κ2) is 37.4. The third-order valence-corrected chi connectivity index (χ3v) is 19.8. The molecule has 5 rings (SSSR count). The lowest BCUT2D eigenvalue weighted by atomic mass is 9.90. The Balaban J connectivity index is 1.20. The monoisotopic (exact) mass is 1300 g/mol. The average Bonchev–Trinajstić information content (AvgIpc) is 3.61. The van der Waals surface area contributed by atoms with Gasteiger partial charge in [-0.3, -0.25) is 0 Å². The molecule has 0 aromatic carbocycles. The topological polar surface area (TPSA) is 460 Å². The first-order valence-electron chi connectivity index (χ1n) is 27.6. The van der Waals surface area contributed by atoms with E-state index in [1.807, 2.05) is 0 Å². The standard InChI is InChI=1S/C49H90N2O27S5/c1-23-28(74-43(69-2)37(64)29(23)56)18-80-13-6-50-48(79)51-19-49(20-70-7-3-10-81-45-39(66)34(61)31(58)25(15-53)75-45,21-71-8-4-11-82-46-40(67)35(62)32(59)26(16-54)76-46)22-72-9-5-12-83-47-41(68)36(63)42(27(17-55)77-47)78-44-38(65)33(60)30(57)24(14-52)73-44/h23-47,52-68H,3-22H2,1-2H3,(H2,50,51,79)/t23?,24?,25?,26?,27?,28?,29?,30-,31-,32-,33-,34-,35-,36+,37?,38?,39?,40?,41?,42-,43+,44-,45-,46-,47-,49?/m0/s1. The van der Waals surface area contributed by atoms with Crippen molar-refractivity contribution in [2.45, 2.75) is 171 Å². The molecular weight excluding hydrogens is 1210 g/mol. The zero-order chi connectivity index (χ0) is 61.0. The first-order chi connectivity index (χ1) is 39.7. The minimum absolute atomic E-state index is 0.0375. The fourth-order valence-electron chi connectivity index (χ4n) is 9.55. The van der Waals surface area contributed by atoms with Gasteiger partial charge in [0, 0.05) is 57.4 Å². The van der Waals surface area contributed by atoms with Crippen molar-refractivity contribution < 1.29 is 134 Å². The number of methoxy groups -OCH3 is 1. The fraction of sp³-hybridized carbons (Fsp3) is 0.980. The Kier molecular flexibility index (Phi) is 33.2. The normalized spacial score (nSPS) is 40.4. The van der Waals surface area contributed by atoms with Gasteiger partial charge in [0.25, 0.3) is 0 Å². The quantitative estimate of drug-likeness (QED) is 0.0207. The van der Waals surface area contributed by atoms with Gasteiger partial charge in [0.2, 0.25) is 0 Å². The predicted octanol–water partition coefficient (Wildman–Crippen LogP) is -7.46. The third kappa shape index (κ3) is 21.0. The maximum atomic E-state index is 11.1. The van der Waals surface area contributed by atoms with E-state index in [-0.39, 0.29) is 58.2 Å². The first-order valence-corrected chi connectivity index (χ1v) is 32.3. The van der Waals surface area contributed by atoms with E-state index in [1.54, 1.807) is 18.7 Å². The van der Waals surface area contributed by atoms with E-state index in [0.717, 1.165) is 11.8 Å². The summed E-state index contributed by atoms with van der Waals surface area (Å²) in [4.78, 5) is 0. The Bertz CT molecular complexity index is 1760. The molecule has 488 valence electrons. The molecule has 0 radical (unpaired) electrons. The van der Waals surface area contributed by atoms with Crippen molar-refractivity contribution in [1.29, 1.82) is 0 Å². The molecule has 0 saturated carbocycles. The van der Waals surface area contributed by atoms with E-state index in [4.69, 9.17) is 59.6 Å². The van der Waals surface area contributed by atoms with E-state index < -0.39 is 171 Å². The van der Waals surface area contributed by atoms with Crippen LogP contribution in [0, 0.1) is 11.3 Å². The maximum absolute atomic E-state index is 11.1. The Morgan fingerprint density at radius 1 is 0.470 bits per heavy atom. The van der Waals surface area contributed by atoms with Crippen LogP contribution in [0.2, 0.25) is 0 Å². The maximum Gasteiger partial charge on any atom is 0.187 e. The fourth-order valence-corrected chi connectivity index (χ4v) is 14.0. The molecular formula is C49H90N2O27S5. The third-order valence-electron chi connectivity index (χ3n) is 14.8. The summed E-state index contributed by atoms with van der Waals surface area (Å²) in [6.07, 6.45) is -27.5. The molecule has 0 spiro atoms. The summed E-state index contributed by atoms with van der Waals surface area (Å²) in [6, 6.07) is 0. The van der Waals surface area contributed by atoms with E-state index in [9.17, 15) is 86.8 Å². The predicted molar refractivity (Wildman–Crippen MR) is 303 cm³/mol.